The summed E-state index contributed by atoms with van der Waals surface area (Å²) in [5.74, 6) is 7.20. The van der Waals surface area contributed by atoms with E-state index in [1.54, 1.807) is 29.7 Å². The predicted octanol–water partition coefficient (Wildman–Crippen LogP) is 10.3. The molecular formula is C39H34GeIrN2S-2. The Hall–Kier alpha value is -3.41. The van der Waals surface area contributed by atoms with Crippen LogP contribution in [0.5, 0.6) is 0 Å². The van der Waals surface area contributed by atoms with Gasteiger partial charge in [-0.1, -0.05) is 59.5 Å². The van der Waals surface area contributed by atoms with Crippen molar-refractivity contribution in [1.82, 2.24) is 9.97 Å². The van der Waals surface area contributed by atoms with E-state index in [4.69, 9.17) is 4.11 Å². The van der Waals surface area contributed by atoms with Crippen LogP contribution in [-0.2, 0) is 20.1 Å². The van der Waals surface area contributed by atoms with Crippen LogP contribution in [-0.4, -0.2) is 23.2 Å². The molecule has 44 heavy (non-hydrogen) atoms. The van der Waals surface area contributed by atoms with Gasteiger partial charge in [-0.15, -0.1) is 23.8 Å². The molecule has 5 heteroatoms. The van der Waals surface area contributed by atoms with E-state index in [2.05, 4.69) is 101 Å². The maximum absolute atomic E-state index is 7.69. The molecule has 0 atom stereocenters. The van der Waals surface area contributed by atoms with Crippen LogP contribution in [0.15, 0.2) is 116 Å². The van der Waals surface area contributed by atoms with Gasteiger partial charge in [0.25, 0.3) is 0 Å². The zero-order chi connectivity index (χ0) is 32.5. The first-order chi connectivity index (χ1) is 22.0. The van der Waals surface area contributed by atoms with Crippen molar-refractivity contribution in [2.75, 3.05) is 0 Å². The number of aryl methyl sites for hydroxylation is 2. The van der Waals surface area contributed by atoms with Gasteiger partial charge in [0, 0.05) is 35.1 Å². The van der Waals surface area contributed by atoms with E-state index < -0.39 is 20.1 Å². The van der Waals surface area contributed by atoms with Crippen LogP contribution < -0.4 is 4.40 Å². The van der Waals surface area contributed by atoms with Gasteiger partial charge >= 0.3 is 106 Å². The van der Waals surface area contributed by atoms with Gasteiger partial charge in [0.05, 0.1) is 0 Å². The molecule has 7 aromatic rings. The van der Waals surface area contributed by atoms with Crippen molar-refractivity contribution in [3.63, 3.8) is 0 Å². The van der Waals surface area contributed by atoms with Crippen molar-refractivity contribution >= 4 is 49.2 Å². The van der Waals surface area contributed by atoms with Crippen LogP contribution >= 0.6 is 11.3 Å². The molecule has 2 nitrogen and oxygen atoms in total. The molecule has 0 saturated heterocycles. The van der Waals surface area contributed by atoms with E-state index in [0.29, 0.717) is 11.3 Å². The van der Waals surface area contributed by atoms with E-state index in [-0.39, 0.29) is 20.1 Å². The molecule has 0 aliphatic rings. The molecule has 0 aliphatic heterocycles. The molecule has 3 heterocycles. The Balaban J connectivity index is 0.000000207. The summed E-state index contributed by atoms with van der Waals surface area (Å²) in [5, 5.41) is 2.33. The van der Waals surface area contributed by atoms with Crippen LogP contribution in [0.4, 0.5) is 0 Å². The molecule has 0 amide bonds. The fraction of sp³-hybridized carbons (Fsp3) is 0.128. The van der Waals surface area contributed by atoms with Gasteiger partial charge < -0.3 is 4.98 Å². The minimum Gasteiger partial charge on any atom is -0.305 e. The third kappa shape index (κ3) is 6.95. The molecule has 0 aliphatic carbocycles. The summed E-state index contributed by atoms with van der Waals surface area (Å²) in [7, 11) is 0. The number of fused-ring (bicyclic) bond motifs is 3. The van der Waals surface area contributed by atoms with E-state index >= 15 is 0 Å². The first kappa shape index (κ1) is 28.1. The van der Waals surface area contributed by atoms with Gasteiger partial charge in [-0.2, -0.15) is 11.3 Å². The fourth-order valence-electron chi connectivity index (χ4n) is 5.35. The molecular weight excluding hydrogens is 793 g/mol. The number of aromatic nitrogens is 2. The second-order valence-corrected chi connectivity index (χ2v) is 23.2. The van der Waals surface area contributed by atoms with Gasteiger partial charge in [-0.3, -0.25) is 0 Å². The smallest absolute Gasteiger partial charge is 0.0279 e. The molecule has 0 saturated carbocycles. The quantitative estimate of drug-likeness (QED) is 0.130. The Bertz CT molecular complexity index is 2140. The molecule has 0 N–H and O–H groups in total. The number of nitrogens with zero attached hydrogens (tertiary/aromatic N) is 2. The van der Waals surface area contributed by atoms with E-state index in [9.17, 15) is 0 Å². The second kappa shape index (κ2) is 13.7. The van der Waals surface area contributed by atoms with Crippen LogP contribution in [0, 0.1) is 25.9 Å². The number of rotatable bonds is 4. The van der Waals surface area contributed by atoms with Crippen molar-refractivity contribution in [1.29, 1.82) is 0 Å². The Labute approximate surface area is 285 Å². The van der Waals surface area contributed by atoms with Crippen LogP contribution in [0.2, 0.25) is 17.3 Å². The van der Waals surface area contributed by atoms with Gasteiger partial charge in [-0.25, -0.2) is 0 Å². The number of hydrogen-bond donors (Lipinski definition) is 0. The monoisotopic (exact) mass is 832 g/mol. The molecule has 0 bridgehead atoms. The molecule has 7 rings (SSSR count). The van der Waals surface area contributed by atoms with Crippen molar-refractivity contribution < 1.29 is 24.2 Å². The first-order valence-corrected chi connectivity index (χ1v) is 22.5. The molecule has 3 aromatic heterocycles. The molecule has 0 spiro atoms. The van der Waals surface area contributed by atoms with E-state index in [1.807, 2.05) is 42.5 Å². The Morgan fingerprint density at radius 2 is 1.57 bits per heavy atom. The van der Waals surface area contributed by atoms with Crippen molar-refractivity contribution in [3.05, 3.63) is 139 Å². The van der Waals surface area contributed by atoms with Crippen molar-refractivity contribution in [3.8, 4) is 33.6 Å². The molecule has 4 aromatic carbocycles. The minimum atomic E-state index is -2.16. The zero-order valence-corrected chi connectivity index (χ0v) is 30.4. The summed E-state index contributed by atoms with van der Waals surface area (Å²) < 4.78 is 26.8. The van der Waals surface area contributed by atoms with Gasteiger partial charge in [0.2, 0.25) is 0 Å². The van der Waals surface area contributed by atoms with Crippen LogP contribution in [0.3, 0.4) is 0 Å². The van der Waals surface area contributed by atoms with E-state index in [1.165, 1.54) is 31.2 Å². The normalized spacial score (nSPS) is 12.4. The summed E-state index contributed by atoms with van der Waals surface area (Å²) in [5.41, 5.74) is 7.61. The summed E-state index contributed by atoms with van der Waals surface area (Å²) in [4.78, 5) is 9.03. The Kier molecular flexibility index (Phi) is 8.75. The van der Waals surface area contributed by atoms with Crippen molar-refractivity contribution in [2.24, 2.45) is 0 Å². The average Bonchev–Trinajstić information content (AvgIpc) is 3.43. The Morgan fingerprint density at radius 3 is 2.30 bits per heavy atom. The number of thiophene rings is 1. The van der Waals surface area contributed by atoms with Gasteiger partial charge in [-0.05, 0) is 45.9 Å². The molecule has 0 fully saturated rings. The summed E-state index contributed by atoms with van der Waals surface area (Å²) in [6, 6.07) is 40.7. The summed E-state index contributed by atoms with van der Waals surface area (Å²) >= 11 is -0.0792. The van der Waals surface area contributed by atoms with E-state index in [0.717, 1.165) is 26.9 Å². The summed E-state index contributed by atoms with van der Waals surface area (Å²) in [6.45, 7) is 0.0380. The largest absolute Gasteiger partial charge is 0.305 e. The van der Waals surface area contributed by atoms with Gasteiger partial charge in [0.1, 0.15) is 0 Å². The fourth-order valence-corrected chi connectivity index (χ4v) is 10.2. The maximum Gasteiger partial charge on any atom is 0.0279 e. The number of benzene rings is 4. The van der Waals surface area contributed by atoms with Crippen LogP contribution in [0.1, 0.15) is 15.2 Å². The molecule has 221 valence electrons. The number of pyridine rings is 2. The molecule has 1 radical (unpaired) electrons. The first-order valence-electron chi connectivity index (χ1n) is 15.8. The zero-order valence-electron chi connectivity index (χ0n) is 28.1. The summed E-state index contributed by atoms with van der Waals surface area (Å²) in [6.07, 6.45) is 3.63. The van der Waals surface area contributed by atoms with Gasteiger partial charge in [0.15, 0.2) is 0 Å². The third-order valence-electron chi connectivity index (χ3n) is 7.46. The maximum atomic E-state index is 7.69. The topological polar surface area (TPSA) is 25.8 Å². The van der Waals surface area contributed by atoms with Crippen molar-refractivity contribution in [2.45, 2.75) is 31.0 Å². The number of hydrogen-bond acceptors (Lipinski definition) is 3. The third-order valence-corrected chi connectivity index (χ3v) is 13.1. The Morgan fingerprint density at radius 1 is 0.750 bits per heavy atom. The van der Waals surface area contributed by atoms with Crippen LogP contribution in [0.25, 0.3) is 53.8 Å². The average molecular weight is 831 g/mol. The SMILES string of the molecule is Cc1cc(-c2[c-]cccc2)nc[c]1[Ge]([CH3])([CH3])[CH3].[2H]C([2H])([2H])c1ccnc(-c2[c-]ccc3c2sc2cc(-c4ccccc4)ccc23)c1.[Ir]. The predicted molar refractivity (Wildman–Crippen MR) is 188 cm³/mol. The minimum absolute atomic E-state index is 0. The molecule has 0 unspecified atom stereocenters. The standard InChI is InChI=1S/C24H16NS.C15H18GeN.Ir/c1-16-12-13-25-22(14-16)21-9-5-8-20-19-11-10-18(15-23(19)26-24(20)21)17-6-3-2-4-7-17;1-12-10-15(13-8-6-5-7-9-13)17-11-14(12)16(2,3)4;/h2-8,10-15H,1H3;5-8,10-11H,1-4H3;/q2*-1;/i1D3;;. The second-order valence-electron chi connectivity index (χ2n) is 11.6.